The molecule has 1 saturated heterocycles. The molecule has 2 aromatic carbocycles. The lowest BCUT2D eigenvalue weighted by Gasteiger charge is -2.45. The van der Waals surface area contributed by atoms with Crippen molar-refractivity contribution < 1.29 is 13.6 Å². The van der Waals surface area contributed by atoms with Crippen LogP contribution in [0.15, 0.2) is 42.5 Å². The molecule has 0 bridgehead atoms. The molecule has 0 N–H and O–H groups in total. The third-order valence-electron chi connectivity index (χ3n) is 8.27. The molecule has 3 aromatic rings. The average molecular weight is 466 g/mol. The fraction of sp³-hybridized carbons (Fsp3) is 0.500. The molecule has 5 rings (SSSR count). The second kappa shape index (κ2) is 8.88. The van der Waals surface area contributed by atoms with E-state index in [4.69, 9.17) is 0 Å². The Labute approximate surface area is 200 Å². The van der Waals surface area contributed by atoms with E-state index < -0.39 is 5.92 Å². The zero-order valence-corrected chi connectivity index (χ0v) is 20.2. The van der Waals surface area contributed by atoms with Crippen molar-refractivity contribution in [3.05, 3.63) is 53.9 Å². The largest absolute Gasteiger partial charge is 0.331 e. The first-order chi connectivity index (χ1) is 16.3. The number of likely N-dealkylation sites (tertiary alicyclic amines) is 1. The second-order valence-electron chi connectivity index (χ2n) is 10.4. The quantitative estimate of drug-likeness (QED) is 0.445. The molecule has 1 aliphatic carbocycles. The number of halogens is 2. The summed E-state index contributed by atoms with van der Waals surface area (Å²) >= 11 is 0. The van der Waals surface area contributed by atoms with E-state index in [9.17, 15) is 13.6 Å². The maximum absolute atomic E-state index is 13.7. The number of fused-ring (bicyclic) bond motifs is 1. The highest BCUT2D eigenvalue weighted by molar-refractivity contribution is 5.82. The molecule has 4 nitrogen and oxygen atoms in total. The Morgan fingerprint density at radius 2 is 1.71 bits per heavy atom. The number of piperidine rings is 1. The Kier molecular flexibility index (Phi) is 6.05. The van der Waals surface area contributed by atoms with E-state index in [-0.39, 0.29) is 36.6 Å². The van der Waals surface area contributed by atoms with Crippen LogP contribution in [0.1, 0.15) is 49.9 Å². The van der Waals surface area contributed by atoms with Crippen molar-refractivity contribution in [3.8, 4) is 11.1 Å². The monoisotopic (exact) mass is 465 g/mol. The Morgan fingerprint density at radius 3 is 2.38 bits per heavy atom. The Bertz CT molecular complexity index is 1180. The summed E-state index contributed by atoms with van der Waals surface area (Å²) in [5.74, 6) is -1.24. The van der Waals surface area contributed by atoms with Gasteiger partial charge in [-0.15, -0.1) is 0 Å². The molecule has 1 aromatic heterocycles. The van der Waals surface area contributed by atoms with Crippen molar-refractivity contribution in [1.29, 1.82) is 0 Å². The number of hydrogen-bond acceptors (Lipinski definition) is 3. The molecule has 0 spiro atoms. The van der Waals surface area contributed by atoms with E-state index in [2.05, 4.69) is 63.8 Å². The van der Waals surface area contributed by atoms with Crippen LogP contribution in [-0.4, -0.2) is 45.8 Å². The number of alkyl halides is 2. The van der Waals surface area contributed by atoms with Gasteiger partial charge in [0.05, 0.1) is 11.0 Å². The summed E-state index contributed by atoms with van der Waals surface area (Å²) in [4.78, 5) is 18.9. The molecule has 1 saturated carbocycles. The van der Waals surface area contributed by atoms with Gasteiger partial charge < -0.3 is 9.36 Å². The number of hydrogen-bond donors (Lipinski definition) is 0. The van der Waals surface area contributed by atoms with Gasteiger partial charge in [0.1, 0.15) is 12.1 Å². The van der Waals surface area contributed by atoms with E-state index in [0.29, 0.717) is 13.1 Å². The molecule has 2 heterocycles. The van der Waals surface area contributed by atoms with E-state index in [0.717, 1.165) is 52.7 Å². The van der Waals surface area contributed by atoms with Gasteiger partial charge >= 0.3 is 0 Å². The van der Waals surface area contributed by atoms with E-state index in [1.165, 1.54) is 0 Å². The Morgan fingerprint density at radius 1 is 1.03 bits per heavy atom. The van der Waals surface area contributed by atoms with E-state index in [1.807, 2.05) is 14.0 Å². The standard InChI is InChI=1S/C28H33F2N3O/c1-18-14-23(33-12-10-28(29,30)11-13-33)16-24(25(18)17-34)21-6-4-20(5-7-21)22-8-9-27-26(15-22)31-19(2)32(27)3/h4-9,15,17-18,23-25H,10-14,16H2,1-3H3/t18-,23+,24-,25?/m0/s1. The van der Waals surface area contributed by atoms with Crippen molar-refractivity contribution in [1.82, 2.24) is 14.5 Å². The van der Waals surface area contributed by atoms with Crippen LogP contribution >= 0.6 is 0 Å². The fourth-order valence-electron chi connectivity index (χ4n) is 6.05. The molecule has 0 radical (unpaired) electrons. The minimum Gasteiger partial charge on any atom is -0.331 e. The topological polar surface area (TPSA) is 38.1 Å². The molecule has 0 amide bonds. The summed E-state index contributed by atoms with van der Waals surface area (Å²) < 4.78 is 29.5. The van der Waals surface area contributed by atoms with Gasteiger partial charge in [-0.25, -0.2) is 13.8 Å². The molecular weight excluding hydrogens is 432 g/mol. The fourth-order valence-corrected chi connectivity index (χ4v) is 6.05. The first-order valence-corrected chi connectivity index (χ1v) is 12.4. The number of aldehydes is 1. The maximum Gasteiger partial charge on any atom is 0.250 e. The summed E-state index contributed by atoms with van der Waals surface area (Å²) in [5, 5.41) is 0. The number of carbonyl (C=O) groups excluding carboxylic acids is 1. The second-order valence-corrected chi connectivity index (χ2v) is 10.4. The lowest BCUT2D eigenvalue weighted by Crippen LogP contribution is -2.49. The van der Waals surface area contributed by atoms with E-state index in [1.54, 1.807) is 0 Å². The SMILES string of the molecule is Cc1nc2cc(-c3ccc([C@@H]4C[C@H](N5CCC(F)(F)CC5)C[C@H](C)C4C=O)cc3)ccc2n1C. The van der Waals surface area contributed by atoms with E-state index >= 15 is 0 Å². The summed E-state index contributed by atoms with van der Waals surface area (Å²) in [5.41, 5.74) is 5.50. The van der Waals surface area contributed by atoms with Crippen LogP contribution in [0.4, 0.5) is 8.78 Å². The van der Waals surface area contributed by atoms with Crippen molar-refractivity contribution in [2.24, 2.45) is 18.9 Å². The molecule has 6 heteroatoms. The predicted octanol–water partition coefficient (Wildman–Crippen LogP) is 5.98. The van der Waals surface area contributed by atoms with Gasteiger partial charge in [0.25, 0.3) is 5.92 Å². The molecule has 180 valence electrons. The molecule has 2 fully saturated rings. The Balaban J connectivity index is 1.37. The van der Waals surface area contributed by atoms with Crippen molar-refractivity contribution in [2.75, 3.05) is 13.1 Å². The van der Waals surface area contributed by atoms with Crippen molar-refractivity contribution >= 4 is 17.3 Å². The van der Waals surface area contributed by atoms with Gasteiger partial charge in [-0.05, 0) is 60.4 Å². The van der Waals surface area contributed by atoms with Gasteiger partial charge in [-0.2, -0.15) is 0 Å². The molecule has 1 unspecified atom stereocenters. The first-order valence-electron chi connectivity index (χ1n) is 12.4. The smallest absolute Gasteiger partial charge is 0.250 e. The van der Waals surface area contributed by atoms with Crippen LogP contribution in [0, 0.1) is 18.8 Å². The number of imidazole rings is 1. The minimum absolute atomic E-state index is 0.0406. The lowest BCUT2D eigenvalue weighted by atomic mass is 9.68. The zero-order chi connectivity index (χ0) is 24.0. The van der Waals surface area contributed by atoms with Crippen LogP contribution < -0.4 is 0 Å². The number of carbonyl (C=O) groups is 1. The van der Waals surface area contributed by atoms with Crippen LogP contribution in [-0.2, 0) is 11.8 Å². The minimum atomic E-state index is -2.53. The van der Waals surface area contributed by atoms with Crippen LogP contribution in [0.3, 0.4) is 0 Å². The predicted molar refractivity (Wildman–Crippen MR) is 131 cm³/mol. The molecule has 1 aliphatic heterocycles. The first kappa shape index (κ1) is 23.2. The molecule has 34 heavy (non-hydrogen) atoms. The van der Waals surface area contributed by atoms with Crippen molar-refractivity contribution in [3.63, 3.8) is 0 Å². The third-order valence-corrected chi connectivity index (χ3v) is 8.27. The number of aryl methyl sites for hydroxylation is 2. The number of benzene rings is 2. The van der Waals surface area contributed by atoms with Gasteiger partial charge in [0.2, 0.25) is 0 Å². The number of nitrogens with zero attached hydrogens (tertiary/aromatic N) is 3. The summed E-state index contributed by atoms with van der Waals surface area (Å²) in [6, 6.07) is 15.1. The third kappa shape index (κ3) is 4.28. The Hall–Kier alpha value is -2.60. The van der Waals surface area contributed by atoms with Crippen molar-refractivity contribution in [2.45, 2.75) is 57.4 Å². The lowest BCUT2D eigenvalue weighted by molar-refractivity contribution is -0.115. The number of rotatable bonds is 4. The maximum atomic E-state index is 13.7. The summed E-state index contributed by atoms with van der Waals surface area (Å²) in [6.45, 7) is 5.02. The van der Waals surface area contributed by atoms with Gasteiger partial charge in [0, 0.05) is 44.9 Å². The highest BCUT2D eigenvalue weighted by Gasteiger charge is 2.42. The van der Waals surface area contributed by atoms with Crippen LogP contribution in [0.2, 0.25) is 0 Å². The molecule has 4 atom stereocenters. The average Bonchev–Trinajstić information content (AvgIpc) is 3.11. The molecular formula is C28H33F2N3O. The normalized spacial score (nSPS) is 27.7. The zero-order valence-electron chi connectivity index (χ0n) is 20.2. The van der Waals surface area contributed by atoms with Gasteiger partial charge in [-0.1, -0.05) is 37.3 Å². The van der Waals surface area contributed by atoms with Crippen LogP contribution in [0.25, 0.3) is 22.2 Å². The van der Waals surface area contributed by atoms with Gasteiger partial charge in [0.15, 0.2) is 0 Å². The summed E-state index contributed by atoms with van der Waals surface area (Å²) in [7, 11) is 2.02. The summed E-state index contributed by atoms with van der Waals surface area (Å²) in [6.07, 6.45) is 2.73. The van der Waals surface area contributed by atoms with Gasteiger partial charge in [-0.3, -0.25) is 4.90 Å². The van der Waals surface area contributed by atoms with Crippen LogP contribution in [0.5, 0.6) is 0 Å². The highest BCUT2D eigenvalue weighted by atomic mass is 19.3. The molecule has 2 aliphatic rings. The number of aromatic nitrogens is 2. The highest BCUT2D eigenvalue weighted by Crippen LogP contribution is 2.43.